The quantitative estimate of drug-likeness (QED) is 0.174. The van der Waals surface area contributed by atoms with E-state index in [2.05, 4.69) is 208 Å². The minimum atomic E-state index is -0.235. The van der Waals surface area contributed by atoms with E-state index in [1.165, 1.54) is 94.0 Å². The Morgan fingerprint density at radius 1 is 0.444 bits per heavy atom. The van der Waals surface area contributed by atoms with Crippen molar-refractivity contribution >= 4 is 49.6 Å². The van der Waals surface area contributed by atoms with Gasteiger partial charge in [0.15, 0.2) is 0 Å². The number of nitrogens with zero attached hydrogens (tertiary/aromatic N) is 2. The third kappa shape index (κ3) is 4.94. The van der Waals surface area contributed by atoms with Gasteiger partial charge in [-0.3, -0.25) is 0 Å². The van der Waals surface area contributed by atoms with Crippen LogP contribution in [0.25, 0.3) is 60.5 Å². The minimum Gasteiger partial charge on any atom is -0.310 e. The summed E-state index contributed by atoms with van der Waals surface area (Å²) in [7, 11) is 0. The van der Waals surface area contributed by atoms with E-state index >= 15 is 0 Å². The molecule has 0 saturated heterocycles. The van der Waals surface area contributed by atoms with Gasteiger partial charge in [-0.05, 0) is 126 Å². The second kappa shape index (κ2) is 12.1. The van der Waals surface area contributed by atoms with Crippen LogP contribution in [0.15, 0.2) is 164 Å². The van der Waals surface area contributed by atoms with Crippen molar-refractivity contribution in [2.45, 2.75) is 40.0 Å². The van der Waals surface area contributed by atoms with Crippen LogP contribution >= 0.6 is 0 Å². The summed E-state index contributed by atoms with van der Waals surface area (Å²) in [5.74, 6) is 0. The molecule has 0 atom stereocenters. The number of rotatable bonds is 5. The normalized spacial score (nSPS) is 13.1. The maximum absolute atomic E-state index is 2.48. The SMILES string of the molecule is Cc1ccc(N(c2ccc(C)cc2)c2cc3c(c4ccccc24)-c2ccc(-n4c5ccc(C)cc5c5cc(-c6ccccc6)ccc54)cc2C3(C)C)cc1. The van der Waals surface area contributed by atoms with E-state index in [0.29, 0.717) is 0 Å². The highest BCUT2D eigenvalue weighted by molar-refractivity contribution is 6.12. The third-order valence-corrected chi connectivity index (χ3v) is 11.8. The molecule has 0 saturated carbocycles. The van der Waals surface area contributed by atoms with Crippen molar-refractivity contribution in [1.82, 2.24) is 4.57 Å². The Bertz CT molecular complexity index is 2860. The highest BCUT2D eigenvalue weighted by Crippen LogP contribution is 2.55. The second-order valence-corrected chi connectivity index (χ2v) is 15.7. The molecule has 0 amide bonds. The molecule has 9 aromatic rings. The number of hydrogen-bond acceptors (Lipinski definition) is 1. The smallest absolute Gasteiger partial charge is 0.0543 e. The van der Waals surface area contributed by atoms with Gasteiger partial charge >= 0.3 is 0 Å². The van der Waals surface area contributed by atoms with Gasteiger partial charge in [-0.2, -0.15) is 0 Å². The second-order valence-electron chi connectivity index (χ2n) is 15.7. The molecule has 1 aliphatic carbocycles. The first-order valence-corrected chi connectivity index (χ1v) is 19.0. The molecule has 0 fully saturated rings. The fourth-order valence-electron chi connectivity index (χ4n) is 8.92. The van der Waals surface area contributed by atoms with Gasteiger partial charge in [0.2, 0.25) is 0 Å². The first-order valence-electron chi connectivity index (χ1n) is 19.0. The highest BCUT2D eigenvalue weighted by atomic mass is 15.1. The van der Waals surface area contributed by atoms with Crippen molar-refractivity contribution in [3.63, 3.8) is 0 Å². The summed E-state index contributed by atoms with van der Waals surface area (Å²) < 4.78 is 2.47. The number of fused-ring (bicyclic) bond motifs is 8. The van der Waals surface area contributed by atoms with E-state index in [9.17, 15) is 0 Å². The summed E-state index contributed by atoms with van der Waals surface area (Å²) in [5.41, 5.74) is 18.6. The first-order chi connectivity index (χ1) is 26.3. The largest absolute Gasteiger partial charge is 0.310 e. The Hall–Kier alpha value is -6.38. The van der Waals surface area contributed by atoms with Gasteiger partial charge in [-0.25, -0.2) is 0 Å². The third-order valence-electron chi connectivity index (χ3n) is 11.8. The molecule has 1 heterocycles. The Balaban J connectivity index is 1.18. The molecule has 0 aliphatic heterocycles. The van der Waals surface area contributed by atoms with Gasteiger partial charge in [0.05, 0.1) is 16.7 Å². The van der Waals surface area contributed by atoms with Crippen molar-refractivity contribution in [1.29, 1.82) is 0 Å². The highest BCUT2D eigenvalue weighted by Gasteiger charge is 2.38. The predicted molar refractivity (Wildman–Crippen MR) is 230 cm³/mol. The molecule has 0 N–H and O–H groups in total. The summed E-state index contributed by atoms with van der Waals surface area (Å²) in [6, 6.07) is 61.0. The minimum absolute atomic E-state index is 0.235. The maximum atomic E-state index is 2.48. The van der Waals surface area contributed by atoms with Crippen LogP contribution in [0.3, 0.4) is 0 Å². The van der Waals surface area contributed by atoms with E-state index in [-0.39, 0.29) is 5.41 Å². The van der Waals surface area contributed by atoms with E-state index < -0.39 is 0 Å². The average Bonchev–Trinajstić information content (AvgIpc) is 3.63. The van der Waals surface area contributed by atoms with Gasteiger partial charge < -0.3 is 9.47 Å². The molecule has 0 radical (unpaired) electrons. The number of aryl methyl sites for hydroxylation is 3. The Morgan fingerprint density at radius 2 is 1.04 bits per heavy atom. The van der Waals surface area contributed by atoms with Crippen LogP contribution < -0.4 is 4.90 Å². The van der Waals surface area contributed by atoms with Gasteiger partial charge in [0.25, 0.3) is 0 Å². The lowest BCUT2D eigenvalue weighted by molar-refractivity contribution is 0.660. The number of benzene rings is 8. The lowest BCUT2D eigenvalue weighted by atomic mass is 9.81. The van der Waals surface area contributed by atoms with Crippen LogP contribution in [0.5, 0.6) is 0 Å². The van der Waals surface area contributed by atoms with Crippen LogP contribution in [0, 0.1) is 20.8 Å². The molecule has 2 heteroatoms. The topological polar surface area (TPSA) is 8.17 Å². The fourth-order valence-corrected chi connectivity index (χ4v) is 8.92. The molecule has 1 aliphatic rings. The molecule has 260 valence electrons. The standard InChI is InChI=1S/C52H42N2/c1-33-15-21-38(22-16-33)53(39-23-17-34(2)18-24-39)50-32-47-51(42-14-10-9-13-41(42)50)43-26-25-40(31-46(43)52(47,4)5)54-48-27-19-35(3)29-44(48)45-30-37(20-28-49(45)54)36-11-7-6-8-12-36/h6-32H,1-5H3. The van der Waals surface area contributed by atoms with Crippen molar-refractivity contribution in [2.24, 2.45) is 0 Å². The van der Waals surface area contributed by atoms with Crippen LogP contribution in [-0.4, -0.2) is 4.57 Å². The number of anilines is 3. The Morgan fingerprint density at radius 3 is 1.72 bits per heavy atom. The molecule has 0 bridgehead atoms. The average molecular weight is 695 g/mol. The fraction of sp³-hybridized carbons (Fsp3) is 0.115. The van der Waals surface area contributed by atoms with Crippen molar-refractivity contribution < 1.29 is 0 Å². The van der Waals surface area contributed by atoms with Crippen LogP contribution in [0.1, 0.15) is 41.7 Å². The molecule has 2 nitrogen and oxygen atoms in total. The summed E-state index contributed by atoms with van der Waals surface area (Å²) in [5, 5.41) is 5.10. The van der Waals surface area contributed by atoms with Gasteiger partial charge in [-0.1, -0.05) is 128 Å². The van der Waals surface area contributed by atoms with Gasteiger partial charge in [0.1, 0.15) is 0 Å². The van der Waals surface area contributed by atoms with Crippen LogP contribution in [-0.2, 0) is 5.41 Å². The molecule has 54 heavy (non-hydrogen) atoms. The molecular formula is C52H42N2. The van der Waals surface area contributed by atoms with E-state index in [1.807, 2.05) is 0 Å². The number of hydrogen-bond donors (Lipinski definition) is 0. The van der Waals surface area contributed by atoms with E-state index in [1.54, 1.807) is 0 Å². The Labute approximate surface area is 317 Å². The summed E-state index contributed by atoms with van der Waals surface area (Å²) >= 11 is 0. The van der Waals surface area contributed by atoms with E-state index in [0.717, 1.165) is 11.4 Å². The lowest BCUT2D eigenvalue weighted by Gasteiger charge is -2.30. The molecule has 0 unspecified atom stereocenters. The molecule has 8 aromatic carbocycles. The summed E-state index contributed by atoms with van der Waals surface area (Å²) in [6.07, 6.45) is 0. The molecule has 1 aromatic heterocycles. The van der Waals surface area contributed by atoms with Crippen molar-refractivity contribution in [2.75, 3.05) is 4.90 Å². The monoisotopic (exact) mass is 694 g/mol. The van der Waals surface area contributed by atoms with E-state index in [4.69, 9.17) is 0 Å². The zero-order valence-electron chi connectivity index (χ0n) is 31.5. The van der Waals surface area contributed by atoms with Crippen molar-refractivity contribution in [3.05, 3.63) is 192 Å². The molecule has 0 spiro atoms. The molecular weight excluding hydrogens is 653 g/mol. The zero-order valence-corrected chi connectivity index (χ0v) is 31.5. The van der Waals surface area contributed by atoms with Gasteiger partial charge in [0, 0.05) is 38.6 Å². The van der Waals surface area contributed by atoms with Crippen LogP contribution in [0.2, 0.25) is 0 Å². The zero-order chi connectivity index (χ0) is 36.7. The van der Waals surface area contributed by atoms with Crippen LogP contribution in [0.4, 0.5) is 17.1 Å². The van der Waals surface area contributed by atoms with Crippen molar-refractivity contribution in [3.8, 4) is 27.9 Å². The summed E-state index contributed by atoms with van der Waals surface area (Å²) in [4.78, 5) is 2.44. The first kappa shape index (κ1) is 32.3. The van der Waals surface area contributed by atoms with Gasteiger partial charge in [-0.15, -0.1) is 0 Å². The Kier molecular flexibility index (Phi) is 7.22. The molecule has 10 rings (SSSR count). The summed E-state index contributed by atoms with van der Waals surface area (Å²) in [6.45, 7) is 11.3. The lowest BCUT2D eigenvalue weighted by Crippen LogP contribution is -2.17. The number of aromatic nitrogens is 1. The maximum Gasteiger partial charge on any atom is 0.0543 e. The predicted octanol–water partition coefficient (Wildman–Crippen LogP) is 14.3.